The summed E-state index contributed by atoms with van der Waals surface area (Å²) in [6, 6.07) is 15.1. The van der Waals surface area contributed by atoms with Crippen LogP contribution in [0.4, 0.5) is 11.4 Å². The van der Waals surface area contributed by atoms with Gasteiger partial charge in [0.05, 0.1) is 33.3 Å². The molecule has 2 N–H and O–H groups in total. The maximum atomic E-state index is 12.3. The van der Waals surface area contributed by atoms with Crippen LogP contribution < -0.4 is 19.9 Å². The fraction of sp³-hybridized carbons (Fsp3) is 0.333. The lowest BCUT2D eigenvalue weighted by Gasteiger charge is -2.33. The van der Waals surface area contributed by atoms with Gasteiger partial charge in [0.25, 0.3) is 5.91 Å². The second kappa shape index (κ2) is 8.68. The molecule has 6 nitrogen and oxygen atoms in total. The average Bonchev–Trinajstić information content (AvgIpc) is 2.68. The third-order valence-corrected chi connectivity index (χ3v) is 4.87. The first-order chi connectivity index (χ1) is 13.0. The van der Waals surface area contributed by atoms with Gasteiger partial charge in [-0.2, -0.15) is 0 Å². The van der Waals surface area contributed by atoms with Crippen molar-refractivity contribution in [2.24, 2.45) is 0 Å². The monoisotopic (exact) mass is 368 g/mol. The van der Waals surface area contributed by atoms with Gasteiger partial charge in [-0.05, 0) is 43.3 Å². The molecule has 2 aromatic rings. The highest BCUT2D eigenvalue weighted by Gasteiger charge is 2.22. The number of hydrogen-bond acceptors (Lipinski definition) is 4. The predicted octanol–water partition coefficient (Wildman–Crippen LogP) is 1.24. The van der Waals surface area contributed by atoms with Crippen LogP contribution in [0, 0.1) is 0 Å². The van der Waals surface area contributed by atoms with E-state index >= 15 is 0 Å². The number of ether oxygens (including phenoxy) is 1. The zero-order chi connectivity index (χ0) is 19.2. The minimum Gasteiger partial charge on any atom is -0.497 e. The van der Waals surface area contributed by atoms with E-state index in [-0.39, 0.29) is 11.7 Å². The Balaban J connectivity index is 1.48. The summed E-state index contributed by atoms with van der Waals surface area (Å²) in [4.78, 5) is 27.3. The van der Waals surface area contributed by atoms with E-state index < -0.39 is 0 Å². The molecular weight excluding hydrogens is 342 g/mol. The first kappa shape index (κ1) is 18.9. The molecule has 0 spiro atoms. The van der Waals surface area contributed by atoms with E-state index in [0.717, 1.165) is 48.9 Å². The Morgan fingerprint density at radius 3 is 2.44 bits per heavy atom. The maximum absolute atomic E-state index is 12.3. The molecule has 0 saturated carbocycles. The SMILES string of the molecule is COc1cccc(NC(=O)C[NH+]2CCN(c3ccc(C(C)=O)cc3)CC2)c1. The Labute approximate surface area is 159 Å². The summed E-state index contributed by atoms with van der Waals surface area (Å²) in [5, 5.41) is 2.94. The Bertz CT molecular complexity index is 797. The van der Waals surface area contributed by atoms with E-state index in [0.29, 0.717) is 6.54 Å². The van der Waals surface area contributed by atoms with Crippen LogP contribution in [0.15, 0.2) is 48.5 Å². The number of ketones is 1. The predicted molar refractivity (Wildman–Crippen MR) is 106 cm³/mol. The van der Waals surface area contributed by atoms with Crippen LogP contribution >= 0.6 is 0 Å². The summed E-state index contributed by atoms with van der Waals surface area (Å²) >= 11 is 0. The topological polar surface area (TPSA) is 63.1 Å². The van der Waals surface area contributed by atoms with Crippen LogP contribution in [0.25, 0.3) is 0 Å². The van der Waals surface area contributed by atoms with Gasteiger partial charge >= 0.3 is 0 Å². The summed E-state index contributed by atoms with van der Waals surface area (Å²) in [6.45, 7) is 5.62. The lowest BCUT2D eigenvalue weighted by Crippen LogP contribution is -3.15. The number of nitrogens with one attached hydrogen (secondary N) is 2. The summed E-state index contributed by atoms with van der Waals surface area (Å²) in [6.07, 6.45) is 0. The molecule has 2 aromatic carbocycles. The lowest BCUT2D eigenvalue weighted by atomic mass is 10.1. The van der Waals surface area contributed by atoms with Gasteiger partial charge in [-0.25, -0.2) is 0 Å². The van der Waals surface area contributed by atoms with Crippen LogP contribution in [-0.4, -0.2) is 51.5 Å². The van der Waals surface area contributed by atoms with Gasteiger partial charge in [-0.15, -0.1) is 0 Å². The second-order valence-corrected chi connectivity index (χ2v) is 6.80. The van der Waals surface area contributed by atoms with Gasteiger partial charge in [-0.1, -0.05) is 6.07 Å². The minimum atomic E-state index is 0.0116. The van der Waals surface area contributed by atoms with Crippen molar-refractivity contribution in [2.45, 2.75) is 6.92 Å². The molecule has 1 aliphatic heterocycles. The number of rotatable bonds is 6. The number of methoxy groups -OCH3 is 1. The average molecular weight is 368 g/mol. The zero-order valence-corrected chi connectivity index (χ0v) is 15.8. The maximum Gasteiger partial charge on any atom is 0.279 e. The molecule has 0 aliphatic carbocycles. The quantitative estimate of drug-likeness (QED) is 0.753. The van der Waals surface area contributed by atoms with Crippen molar-refractivity contribution in [1.82, 2.24) is 0 Å². The summed E-state index contributed by atoms with van der Waals surface area (Å²) < 4.78 is 5.18. The first-order valence-electron chi connectivity index (χ1n) is 9.18. The molecule has 142 valence electrons. The number of benzene rings is 2. The van der Waals surface area contributed by atoms with Gasteiger partial charge in [0.2, 0.25) is 0 Å². The minimum absolute atomic E-state index is 0.0116. The van der Waals surface area contributed by atoms with Gasteiger partial charge in [0.1, 0.15) is 5.75 Å². The third-order valence-electron chi connectivity index (χ3n) is 4.87. The molecule has 3 rings (SSSR count). The Kier molecular flexibility index (Phi) is 6.08. The van der Waals surface area contributed by atoms with Crippen molar-refractivity contribution in [1.29, 1.82) is 0 Å². The van der Waals surface area contributed by atoms with Crippen molar-refractivity contribution in [3.63, 3.8) is 0 Å². The van der Waals surface area contributed by atoms with Gasteiger partial charge in [-0.3, -0.25) is 9.59 Å². The molecule has 1 fully saturated rings. The number of carbonyl (C=O) groups is 2. The lowest BCUT2D eigenvalue weighted by molar-refractivity contribution is -0.892. The van der Waals surface area contributed by atoms with Crippen LogP contribution in [0.3, 0.4) is 0 Å². The number of quaternary nitrogens is 1. The van der Waals surface area contributed by atoms with Crippen molar-refractivity contribution in [3.05, 3.63) is 54.1 Å². The second-order valence-electron chi connectivity index (χ2n) is 6.80. The summed E-state index contributed by atoms with van der Waals surface area (Å²) in [7, 11) is 1.61. The highest BCUT2D eigenvalue weighted by Crippen LogP contribution is 2.17. The number of piperazine rings is 1. The highest BCUT2D eigenvalue weighted by molar-refractivity contribution is 5.94. The van der Waals surface area contributed by atoms with Crippen LogP contribution in [0.1, 0.15) is 17.3 Å². The number of nitrogens with zero attached hydrogens (tertiary/aromatic N) is 1. The van der Waals surface area contributed by atoms with E-state index in [4.69, 9.17) is 4.74 Å². The molecule has 1 amide bonds. The molecule has 1 saturated heterocycles. The van der Waals surface area contributed by atoms with Crippen molar-refractivity contribution < 1.29 is 19.2 Å². The Morgan fingerprint density at radius 2 is 1.81 bits per heavy atom. The molecule has 0 bridgehead atoms. The molecule has 0 atom stereocenters. The van der Waals surface area contributed by atoms with E-state index in [9.17, 15) is 9.59 Å². The molecule has 6 heteroatoms. The summed E-state index contributed by atoms with van der Waals surface area (Å²) in [5.74, 6) is 0.819. The molecule has 0 radical (unpaired) electrons. The number of Topliss-reactive ketones (excluding diaryl/α,β-unsaturated/α-hetero) is 1. The van der Waals surface area contributed by atoms with Gasteiger partial charge < -0.3 is 19.9 Å². The number of hydrogen-bond donors (Lipinski definition) is 2. The first-order valence-corrected chi connectivity index (χ1v) is 9.18. The molecule has 1 aliphatic rings. The fourth-order valence-corrected chi connectivity index (χ4v) is 3.30. The number of carbonyl (C=O) groups excluding carboxylic acids is 2. The summed E-state index contributed by atoms with van der Waals surface area (Å²) in [5.41, 5.74) is 2.61. The standard InChI is InChI=1S/C21H25N3O3/c1-16(25)17-6-8-19(9-7-17)24-12-10-23(11-13-24)15-21(26)22-18-4-3-5-20(14-18)27-2/h3-9,14H,10-13,15H2,1-2H3,(H,22,26)/p+1. The van der Waals surface area contributed by atoms with Crippen LogP contribution in [-0.2, 0) is 4.79 Å². The normalized spacial score (nSPS) is 14.7. The van der Waals surface area contributed by atoms with Crippen LogP contribution in [0.5, 0.6) is 5.75 Å². The molecule has 0 aromatic heterocycles. The largest absolute Gasteiger partial charge is 0.497 e. The zero-order valence-electron chi connectivity index (χ0n) is 15.8. The highest BCUT2D eigenvalue weighted by atomic mass is 16.5. The molecule has 1 heterocycles. The smallest absolute Gasteiger partial charge is 0.279 e. The van der Waals surface area contributed by atoms with Gasteiger partial charge in [0.15, 0.2) is 12.3 Å². The molecule has 0 unspecified atom stereocenters. The van der Waals surface area contributed by atoms with Crippen molar-refractivity contribution in [2.75, 3.05) is 50.1 Å². The van der Waals surface area contributed by atoms with Gasteiger partial charge in [0, 0.05) is 23.0 Å². The van der Waals surface area contributed by atoms with Crippen LogP contribution in [0.2, 0.25) is 0 Å². The van der Waals surface area contributed by atoms with Crippen molar-refractivity contribution >= 4 is 23.1 Å². The molecular formula is C21H26N3O3+. The number of anilines is 2. The van der Waals surface area contributed by atoms with Crippen molar-refractivity contribution in [3.8, 4) is 5.75 Å². The third kappa shape index (κ3) is 5.08. The van der Waals surface area contributed by atoms with E-state index in [1.54, 1.807) is 14.0 Å². The number of amides is 1. The Hall–Kier alpha value is -2.86. The fourth-order valence-electron chi connectivity index (χ4n) is 3.30. The Morgan fingerprint density at radius 1 is 1.11 bits per heavy atom. The molecule has 27 heavy (non-hydrogen) atoms. The van der Waals surface area contributed by atoms with E-state index in [1.165, 1.54) is 4.90 Å². The van der Waals surface area contributed by atoms with E-state index in [1.807, 2.05) is 48.5 Å². The van der Waals surface area contributed by atoms with E-state index in [2.05, 4.69) is 10.2 Å².